The summed E-state index contributed by atoms with van der Waals surface area (Å²) < 4.78 is 12.2. The first-order valence-corrected chi connectivity index (χ1v) is 9.25. The second-order valence-corrected chi connectivity index (χ2v) is 7.74. The Bertz CT molecular complexity index is 1120. The third-order valence-electron chi connectivity index (χ3n) is 4.67. The highest BCUT2D eigenvalue weighted by Crippen LogP contribution is 2.46. The minimum Gasteiger partial charge on any atom is -0.496 e. The van der Waals surface area contributed by atoms with E-state index in [1.807, 2.05) is 6.07 Å². The van der Waals surface area contributed by atoms with Crippen LogP contribution in [0.2, 0.25) is 0 Å². The van der Waals surface area contributed by atoms with Crippen LogP contribution in [0.3, 0.4) is 0 Å². The van der Waals surface area contributed by atoms with Gasteiger partial charge in [-0.05, 0) is 54.4 Å². The number of benzene rings is 4. The number of ether oxygens (including phenoxy) is 2. The van der Waals surface area contributed by atoms with Crippen molar-refractivity contribution >= 4 is 21.5 Å². The summed E-state index contributed by atoms with van der Waals surface area (Å²) in [5.41, 5.74) is 1.86. The van der Waals surface area contributed by atoms with Crippen molar-refractivity contribution in [1.29, 1.82) is 0 Å². The van der Waals surface area contributed by atoms with Crippen LogP contribution in [0.4, 0.5) is 0 Å². The molecule has 2 nitrogen and oxygen atoms in total. The van der Waals surface area contributed by atoms with Crippen molar-refractivity contribution < 1.29 is 9.47 Å². The van der Waals surface area contributed by atoms with Gasteiger partial charge in [-0.15, -0.1) is 0 Å². The maximum Gasteiger partial charge on any atom is 0.128 e. The third kappa shape index (κ3) is 3.23. The highest BCUT2D eigenvalue weighted by atomic mass is 16.5. The van der Waals surface area contributed by atoms with Crippen LogP contribution in [0, 0.1) is 0 Å². The summed E-state index contributed by atoms with van der Waals surface area (Å²) in [5, 5.41) is 4.69. The van der Waals surface area contributed by atoms with Gasteiger partial charge in [0.15, 0.2) is 0 Å². The second-order valence-electron chi connectivity index (χ2n) is 7.74. The van der Waals surface area contributed by atoms with Gasteiger partial charge in [0.25, 0.3) is 0 Å². The first kappa shape index (κ1) is 17.4. The Labute approximate surface area is 160 Å². The molecule has 136 valence electrons. The molecule has 0 aliphatic rings. The molecule has 4 rings (SSSR count). The second kappa shape index (κ2) is 6.62. The molecule has 0 bridgehead atoms. The van der Waals surface area contributed by atoms with Crippen LogP contribution < -0.4 is 9.47 Å². The third-order valence-corrected chi connectivity index (χ3v) is 4.67. The Morgan fingerprint density at radius 3 is 1.59 bits per heavy atom. The van der Waals surface area contributed by atoms with Crippen molar-refractivity contribution in [3.05, 3.63) is 72.8 Å². The van der Waals surface area contributed by atoms with Gasteiger partial charge in [-0.3, -0.25) is 0 Å². The summed E-state index contributed by atoms with van der Waals surface area (Å²) >= 11 is 0. The van der Waals surface area contributed by atoms with Crippen LogP contribution in [0.15, 0.2) is 72.8 Å². The lowest BCUT2D eigenvalue weighted by Crippen LogP contribution is -2.23. The molecule has 0 spiro atoms. The van der Waals surface area contributed by atoms with E-state index in [-0.39, 0.29) is 5.60 Å². The summed E-state index contributed by atoms with van der Waals surface area (Å²) in [6.07, 6.45) is 0. The maximum absolute atomic E-state index is 6.39. The number of rotatable bonds is 3. The van der Waals surface area contributed by atoms with Crippen molar-refractivity contribution in [2.75, 3.05) is 7.11 Å². The minimum atomic E-state index is -0.297. The number of fused-ring (bicyclic) bond motifs is 2. The van der Waals surface area contributed by atoms with E-state index in [1.165, 1.54) is 10.8 Å². The van der Waals surface area contributed by atoms with E-state index in [1.54, 1.807) is 7.11 Å². The fourth-order valence-corrected chi connectivity index (χ4v) is 3.60. The van der Waals surface area contributed by atoms with Crippen molar-refractivity contribution in [2.24, 2.45) is 0 Å². The van der Waals surface area contributed by atoms with Crippen molar-refractivity contribution in [1.82, 2.24) is 0 Å². The van der Waals surface area contributed by atoms with Gasteiger partial charge in [0.2, 0.25) is 0 Å². The summed E-state index contributed by atoms with van der Waals surface area (Å²) in [6.45, 7) is 6.23. The fraction of sp³-hybridized carbons (Fsp3) is 0.200. The van der Waals surface area contributed by atoms with Gasteiger partial charge in [-0.2, -0.15) is 0 Å². The zero-order valence-electron chi connectivity index (χ0n) is 16.2. The molecule has 0 aromatic heterocycles. The Morgan fingerprint density at radius 2 is 1.07 bits per heavy atom. The largest absolute Gasteiger partial charge is 0.496 e. The molecule has 0 amide bonds. The molecule has 4 aromatic rings. The average Bonchev–Trinajstić information content (AvgIpc) is 2.66. The van der Waals surface area contributed by atoms with Gasteiger partial charge in [0, 0.05) is 11.1 Å². The van der Waals surface area contributed by atoms with Gasteiger partial charge in [-0.1, -0.05) is 60.7 Å². The van der Waals surface area contributed by atoms with E-state index in [0.29, 0.717) is 0 Å². The minimum absolute atomic E-state index is 0.297. The monoisotopic (exact) mass is 356 g/mol. The molecule has 0 N–H and O–H groups in total. The zero-order chi connectivity index (χ0) is 19.0. The standard InChI is InChI=1S/C25H24O2/c1-25(2,3)27-22-16-14-18-10-6-8-12-20(18)24(22)23-19-11-7-5-9-17(19)13-15-21(23)26-4/h5-16H,1-4H3. The lowest BCUT2D eigenvalue weighted by atomic mass is 9.92. The smallest absolute Gasteiger partial charge is 0.128 e. The van der Waals surface area contributed by atoms with Gasteiger partial charge in [0.1, 0.15) is 17.1 Å². The zero-order valence-corrected chi connectivity index (χ0v) is 16.2. The van der Waals surface area contributed by atoms with E-state index in [2.05, 4.69) is 87.5 Å². The van der Waals surface area contributed by atoms with E-state index >= 15 is 0 Å². The molecule has 0 fully saturated rings. The van der Waals surface area contributed by atoms with Crippen LogP contribution in [0.1, 0.15) is 20.8 Å². The molecule has 0 aliphatic carbocycles. The molecule has 2 heteroatoms. The van der Waals surface area contributed by atoms with Gasteiger partial charge < -0.3 is 9.47 Å². The summed E-state index contributed by atoms with van der Waals surface area (Å²) in [7, 11) is 1.73. The number of methoxy groups -OCH3 is 1. The molecule has 0 aliphatic heterocycles. The van der Waals surface area contributed by atoms with Crippen LogP contribution in [0.5, 0.6) is 11.5 Å². The lowest BCUT2D eigenvalue weighted by molar-refractivity contribution is 0.132. The van der Waals surface area contributed by atoms with Crippen molar-refractivity contribution in [3.63, 3.8) is 0 Å². The summed E-state index contributed by atoms with van der Waals surface area (Å²) in [6, 6.07) is 25.2. The topological polar surface area (TPSA) is 18.5 Å². The van der Waals surface area contributed by atoms with E-state index in [0.717, 1.165) is 33.4 Å². The van der Waals surface area contributed by atoms with Gasteiger partial charge >= 0.3 is 0 Å². The molecule has 0 unspecified atom stereocenters. The van der Waals surface area contributed by atoms with Crippen LogP contribution in [-0.4, -0.2) is 12.7 Å². The van der Waals surface area contributed by atoms with E-state index < -0.39 is 0 Å². The number of hydrogen-bond donors (Lipinski definition) is 0. The van der Waals surface area contributed by atoms with Crippen LogP contribution in [0.25, 0.3) is 32.7 Å². The summed E-state index contributed by atoms with van der Waals surface area (Å²) in [5.74, 6) is 1.72. The first-order valence-electron chi connectivity index (χ1n) is 9.25. The molecule has 0 atom stereocenters. The van der Waals surface area contributed by atoms with Crippen LogP contribution in [-0.2, 0) is 0 Å². The Balaban J connectivity index is 2.15. The Hall–Kier alpha value is -3.00. The van der Waals surface area contributed by atoms with Gasteiger partial charge in [-0.25, -0.2) is 0 Å². The molecule has 0 heterocycles. The first-order chi connectivity index (χ1) is 13.0. The Kier molecular flexibility index (Phi) is 4.27. The maximum atomic E-state index is 6.39. The van der Waals surface area contributed by atoms with E-state index in [4.69, 9.17) is 9.47 Å². The molecule has 0 saturated carbocycles. The molecular formula is C25H24O2. The normalized spacial score (nSPS) is 11.7. The highest BCUT2D eigenvalue weighted by Gasteiger charge is 2.21. The quantitative estimate of drug-likeness (QED) is 0.400. The SMILES string of the molecule is COc1ccc2ccccc2c1-c1c(OC(C)(C)C)ccc2ccccc12. The van der Waals surface area contributed by atoms with Crippen molar-refractivity contribution in [2.45, 2.75) is 26.4 Å². The molecule has 0 radical (unpaired) electrons. The van der Waals surface area contributed by atoms with Gasteiger partial charge in [0.05, 0.1) is 7.11 Å². The molecular weight excluding hydrogens is 332 g/mol. The Morgan fingerprint density at radius 1 is 0.593 bits per heavy atom. The summed E-state index contributed by atoms with van der Waals surface area (Å²) in [4.78, 5) is 0. The molecule has 4 aromatic carbocycles. The predicted octanol–water partition coefficient (Wildman–Crippen LogP) is 6.85. The fourth-order valence-electron chi connectivity index (χ4n) is 3.60. The lowest BCUT2D eigenvalue weighted by Gasteiger charge is -2.25. The average molecular weight is 356 g/mol. The van der Waals surface area contributed by atoms with Crippen molar-refractivity contribution in [3.8, 4) is 22.6 Å². The molecule has 27 heavy (non-hydrogen) atoms. The van der Waals surface area contributed by atoms with Crippen LogP contribution >= 0.6 is 0 Å². The highest BCUT2D eigenvalue weighted by molar-refractivity contribution is 6.09. The number of hydrogen-bond acceptors (Lipinski definition) is 2. The van der Waals surface area contributed by atoms with E-state index in [9.17, 15) is 0 Å². The predicted molar refractivity (Wildman–Crippen MR) is 114 cm³/mol. The molecule has 0 saturated heterocycles.